The third-order valence-electron chi connectivity index (χ3n) is 3.24. The van der Waals surface area contributed by atoms with Gasteiger partial charge in [-0.2, -0.15) is 5.26 Å². The minimum absolute atomic E-state index is 0.0800. The number of rotatable bonds is 4. The number of methoxy groups -OCH3 is 1. The zero-order chi connectivity index (χ0) is 13.0. The van der Waals surface area contributed by atoms with Crippen LogP contribution in [0.4, 0.5) is 0 Å². The van der Waals surface area contributed by atoms with Crippen molar-refractivity contribution in [2.24, 2.45) is 5.92 Å². The molecule has 94 valence electrons. The van der Waals surface area contributed by atoms with E-state index < -0.39 is 0 Å². The van der Waals surface area contributed by atoms with Crippen molar-refractivity contribution in [1.82, 2.24) is 4.90 Å². The summed E-state index contributed by atoms with van der Waals surface area (Å²) in [6.45, 7) is 1.21. The molecule has 1 aliphatic heterocycles. The van der Waals surface area contributed by atoms with E-state index in [1.165, 1.54) is 0 Å². The van der Waals surface area contributed by atoms with Crippen molar-refractivity contribution in [3.8, 4) is 11.8 Å². The Kier molecular flexibility index (Phi) is 3.83. The molecule has 1 unspecified atom stereocenters. The van der Waals surface area contributed by atoms with Crippen molar-refractivity contribution in [3.63, 3.8) is 0 Å². The molecule has 18 heavy (non-hydrogen) atoms. The molecule has 1 aromatic rings. The van der Waals surface area contributed by atoms with E-state index in [1.807, 2.05) is 24.3 Å². The molecule has 1 saturated heterocycles. The molecule has 4 heteroatoms. The summed E-state index contributed by atoms with van der Waals surface area (Å²) in [7, 11) is 1.64. The first-order valence-corrected chi connectivity index (χ1v) is 6.04. The van der Waals surface area contributed by atoms with Gasteiger partial charge in [0.1, 0.15) is 5.75 Å². The number of para-hydroxylation sites is 1. The molecular formula is C14H16N2O2. The van der Waals surface area contributed by atoms with E-state index in [2.05, 4.69) is 6.07 Å². The number of hydrogen-bond donors (Lipinski definition) is 0. The molecule has 0 spiro atoms. The van der Waals surface area contributed by atoms with Crippen LogP contribution in [0.5, 0.6) is 5.75 Å². The van der Waals surface area contributed by atoms with Crippen molar-refractivity contribution in [2.75, 3.05) is 20.2 Å². The van der Waals surface area contributed by atoms with E-state index in [4.69, 9.17) is 10.00 Å². The van der Waals surface area contributed by atoms with Crippen LogP contribution in [-0.2, 0) is 11.2 Å². The van der Waals surface area contributed by atoms with Gasteiger partial charge in [0.25, 0.3) is 0 Å². The number of nitriles is 1. The first-order valence-electron chi connectivity index (χ1n) is 6.04. The fourth-order valence-corrected chi connectivity index (χ4v) is 2.24. The monoisotopic (exact) mass is 244 g/mol. The highest BCUT2D eigenvalue weighted by atomic mass is 16.5. The fourth-order valence-electron chi connectivity index (χ4n) is 2.24. The number of ether oxygens (including phenoxy) is 1. The second-order valence-electron chi connectivity index (χ2n) is 4.43. The van der Waals surface area contributed by atoms with Gasteiger partial charge in [-0.15, -0.1) is 0 Å². The first kappa shape index (κ1) is 12.4. The van der Waals surface area contributed by atoms with Crippen LogP contribution in [0, 0.1) is 17.2 Å². The van der Waals surface area contributed by atoms with Crippen LogP contribution in [0.1, 0.15) is 12.0 Å². The van der Waals surface area contributed by atoms with Crippen LogP contribution in [0.25, 0.3) is 0 Å². The van der Waals surface area contributed by atoms with Gasteiger partial charge in [0.05, 0.1) is 19.1 Å². The summed E-state index contributed by atoms with van der Waals surface area (Å²) in [5.41, 5.74) is 1.09. The van der Waals surface area contributed by atoms with Crippen LogP contribution in [0.2, 0.25) is 0 Å². The molecule has 0 bridgehead atoms. The van der Waals surface area contributed by atoms with Gasteiger partial charge in [-0.25, -0.2) is 0 Å². The van der Waals surface area contributed by atoms with Crippen molar-refractivity contribution < 1.29 is 9.53 Å². The van der Waals surface area contributed by atoms with Crippen LogP contribution >= 0.6 is 0 Å². The highest BCUT2D eigenvalue weighted by molar-refractivity contribution is 5.79. The summed E-state index contributed by atoms with van der Waals surface area (Å²) in [5.74, 6) is 0.785. The number of nitrogens with zero attached hydrogens (tertiary/aromatic N) is 2. The molecule has 2 rings (SSSR count). The smallest absolute Gasteiger partial charge is 0.224 e. The Labute approximate surface area is 107 Å². The lowest BCUT2D eigenvalue weighted by Crippen LogP contribution is -2.27. The molecule has 1 aliphatic rings. The van der Waals surface area contributed by atoms with Gasteiger partial charge in [0.15, 0.2) is 0 Å². The number of benzene rings is 1. The predicted molar refractivity (Wildman–Crippen MR) is 67.0 cm³/mol. The lowest BCUT2D eigenvalue weighted by atomic mass is 10.1. The maximum absolute atomic E-state index is 11.7. The molecule has 0 saturated carbocycles. The summed E-state index contributed by atoms with van der Waals surface area (Å²) in [6.07, 6.45) is 1.12. The molecule has 1 amide bonds. The molecule has 0 aromatic heterocycles. The van der Waals surface area contributed by atoms with Gasteiger partial charge >= 0.3 is 0 Å². The maximum atomic E-state index is 11.7. The average molecular weight is 244 g/mol. The fraction of sp³-hybridized carbons (Fsp3) is 0.429. The standard InChI is InChI=1S/C14H16N2O2/c1-18-13-5-3-2-4-12(13)6-7-16-10-11(9-15)8-14(16)17/h2-5,11H,6-8,10H2,1H3. The van der Waals surface area contributed by atoms with Gasteiger partial charge < -0.3 is 9.64 Å². The van der Waals surface area contributed by atoms with Crippen molar-refractivity contribution in [3.05, 3.63) is 29.8 Å². The van der Waals surface area contributed by atoms with E-state index >= 15 is 0 Å². The van der Waals surface area contributed by atoms with Crippen molar-refractivity contribution >= 4 is 5.91 Å². The summed E-state index contributed by atoms with van der Waals surface area (Å²) in [6, 6.07) is 9.96. The zero-order valence-corrected chi connectivity index (χ0v) is 10.4. The Hall–Kier alpha value is -2.02. The van der Waals surface area contributed by atoms with Gasteiger partial charge in [-0.05, 0) is 18.1 Å². The Morgan fingerprint density at radius 3 is 2.94 bits per heavy atom. The number of carbonyl (C=O) groups excluding carboxylic acids is 1. The number of amides is 1. The van der Waals surface area contributed by atoms with E-state index in [-0.39, 0.29) is 11.8 Å². The summed E-state index contributed by atoms with van der Waals surface area (Å²) in [5, 5.41) is 8.82. The minimum Gasteiger partial charge on any atom is -0.496 e. The minimum atomic E-state index is -0.143. The third-order valence-corrected chi connectivity index (χ3v) is 3.24. The van der Waals surface area contributed by atoms with Crippen LogP contribution in [0.15, 0.2) is 24.3 Å². The zero-order valence-electron chi connectivity index (χ0n) is 10.4. The molecule has 0 N–H and O–H groups in total. The van der Waals surface area contributed by atoms with Gasteiger partial charge in [-0.1, -0.05) is 18.2 Å². The predicted octanol–water partition coefficient (Wildman–Crippen LogP) is 1.61. The molecule has 1 heterocycles. The molecule has 0 aliphatic carbocycles. The second kappa shape index (κ2) is 5.54. The van der Waals surface area contributed by atoms with Crippen molar-refractivity contribution in [2.45, 2.75) is 12.8 Å². The summed E-state index contributed by atoms with van der Waals surface area (Å²) < 4.78 is 5.27. The van der Waals surface area contributed by atoms with Crippen LogP contribution in [0.3, 0.4) is 0 Å². The average Bonchev–Trinajstić information content (AvgIpc) is 2.77. The normalized spacial score (nSPS) is 18.8. The summed E-state index contributed by atoms with van der Waals surface area (Å²) in [4.78, 5) is 13.4. The Morgan fingerprint density at radius 1 is 1.50 bits per heavy atom. The second-order valence-corrected chi connectivity index (χ2v) is 4.43. The molecule has 1 atom stereocenters. The summed E-state index contributed by atoms with van der Waals surface area (Å²) >= 11 is 0. The Bertz CT molecular complexity index is 479. The van der Waals surface area contributed by atoms with E-state index in [0.29, 0.717) is 19.5 Å². The lowest BCUT2D eigenvalue weighted by Gasteiger charge is -2.16. The SMILES string of the molecule is COc1ccccc1CCN1CC(C#N)CC1=O. The molecular weight excluding hydrogens is 228 g/mol. The molecule has 0 radical (unpaired) electrons. The molecule has 4 nitrogen and oxygen atoms in total. The third kappa shape index (κ3) is 2.62. The number of carbonyl (C=O) groups is 1. The van der Waals surface area contributed by atoms with Gasteiger partial charge in [0.2, 0.25) is 5.91 Å². The lowest BCUT2D eigenvalue weighted by molar-refractivity contribution is -0.127. The Morgan fingerprint density at radius 2 is 2.28 bits per heavy atom. The topological polar surface area (TPSA) is 53.3 Å². The molecule has 1 fully saturated rings. The highest BCUT2D eigenvalue weighted by Crippen LogP contribution is 2.21. The first-order chi connectivity index (χ1) is 8.74. The maximum Gasteiger partial charge on any atom is 0.224 e. The quantitative estimate of drug-likeness (QED) is 0.808. The van der Waals surface area contributed by atoms with Crippen molar-refractivity contribution in [1.29, 1.82) is 5.26 Å². The molecule has 1 aromatic carbocycles. The number of likely N-dealkylation sites (tertiary alicyclic amines) is 1. The van der Waals surface area contributed by atoms with Crippen LogP contribution < -0.4 is 4.74 Å². The van der Waals surface area contributed by atoms with E-state index in [1.54, 1.807) is 12.0 Å². The van der Waals surface area contributed by atoms with Gasteiger partial charge in [0, 0.05) is 19.5 Å². The highest BCUT2D eigenvalue weighted by Gasteiger charge is 2.28. The van der Waals surface area contributed by atoms with E-state index in [0.717, 1.165) is 17.7 Å². The Balaban J connectivity index is 1.96. The van der Waals surface area contributed by atoms with E-state index in [9.17, 15) is 4.79 Å². The number of hydrogen-bond acceptors (Lipinski definition) is 3. The largest absolute Gasteiger partial charge is 0.496 e. The van der Waals surface area contributed by atoms with Crippen LogP contribution in [-0.4, -0.2) is 31.0 Å². The van der Waals surface area contributed by atoms with Gasteiger partial charge in [-0.3, -0.25) is 4.79 Å².